The average molecular weight is 220 g/mol. The molecule has 1 aliphatic carbocycles. The van der Waals surface area contributed by atoms with Crippen molar-refractivity contribution < 1.29 is 9.47 Å². The molecule has 1 aliphatic rings. The van der Waals surface area contributed by atoms with Crippen molar-refractivity contribution in [3.63, 3.8) is 0 Å². The first kappa shape index (κ1) is 11.3. The third kappa shape index (κ3) is 3.16. The van der Waals surface area contributed by atoms with Crippen LogP contribution in [0.15, 0.2) is 24.3 Å². The van der Waals surface area contributed by atoms with Crippen molar-refractivity contribution in [3.8, 4) is 11.5 Å². The van der Waals surface area contributed by atoms with E-state index < -0.39 is 0 Å². The first-order valence-electron chi connectivity index (χ1n) is 6.19. The molecular weight excluding hydrogens is 200 g/mol. The Hall–Kier alpha value is -1.18. The molecule has 0 amide bonds. The number of hydrogen-bond acceptors (Lipinski definition) is 2. The van der Waals surface area contributed by atoms with Gasteiger partial charge in [-0.3, -0.25) is 0 Å². The predicted octanol–water partition coefficient (Wildman–Crippen LogP) is 3.80. The van der Waals surface area contributed by atoms with Gasteiger partial charge in [-0.15, -0.1) is 0 Å². The van der Waals surface area contributed by atoms with Crippen molar-refractivity contribution in [3.05, 3.63) is 24.3 Å². The Morgan fingerprint density at radius 2 is 1.44 bits per heavy atom. The molecule has 88 valence electrons. The van der Waals surface area contributed by atoms with E-state index >= 15 is 0 Å². The van der Waals surface area contributed by atoms with E-state index in [0.717, 1.165) is 11.5 Å². The van der Waals surface area contributed by atoms with Crippen LogP contribution >= 0.6 is 0 Å². The van der Waals surface area contributed by atoms with E-state index in [1.165, 1.54) is 38.5 Å². The van der Waals surface area contributed by atoms with Gasteiger partial charge in [0, 0.05) is 0 Å². The lowest BCUT2D eigenvalue weighted by atomic mass is 10.1. The van der Waals surface area contributed by atoms with E-state index in [2.05, 4.69) is 0 Å². The highest BCUT2D eigenvalue weighted by Crippen LogP contribution is 2.24. The molecule has 0 atom stereocenters. The summed E-state index contributed by atoms with van der Waals surface area (Å²) in [6, 6.07) is 7.88. The average Bonchev–Trinajstić information content (AvgIpc) is 2.59. The maximum absolute atomic E-state index is 5.98. The monoisotopic (exact) mass is 220 g/mol. The molecule has 1 aromatic rings. The van der Waals surface area contributed by atoms with E-state index in [4.69, 9.17) is 9.47 Å². The van der Waals surface area contributed by atoms with Crippen LogP contribution in [0, 0.1) is 0 Å². The topological polar surface area (TPSA) is 18.5 Å². The van der Waals surface area contributed by atoms with Crippen LogP contribution in [0.4, 0.5) is 0 Å². The molecule has 0 N–H and O–H groups in total. The summed E-state index contributed by atoms with van der Waals surface area (Å²) in [5.41, 5.74) is 0. The molecule has 0 heterocycles. The largest absolute Gasteiger partial charge is 0.497 e. The molecule has 0 radical (unpaired) electrons. The summed E-state index contributed by atoms with van der Waals surface area (Å²) < 4.78 is 11.1. The first-order valence-corrected chi connectivity index (χ1v) is 6.19. The lowest BCUT2D eigenvalue weighted by molar-refractivity contribution is 0.183. The fraction of sp³-hybridized carbons (Fsp3) is 0.571. The van der Waals surface area contributed by atoms with Crippen LogP contribution in [0.25, 0.3) is 0 Å². The van der Waals surface area contributed by atoms with Crippen molar-refractivity contribution in [2.24, 2.45) is 0 Å². The van der Waals surface area contributed by atoms with Crippen molar-refractivity contribution in [1.82, 2.24) is 0 Å². The second-order valence-electron chi connectivity index (χ2n) is 4.41. The maximum atomic E-state index is 5.98. The Bertz CT molecular complexity index is 297. The van der Waals surface area contributed by atoms with Crippen LogP contribution in [0.2, 0.25) is 0 Å². The van der Waals surface area contributed by atoms with E-state index in [1.54, 1.807) is 7.11 Å². The van der Waals surface area contributed by atoms with Gasteiger partial charge < -0.3 is 9.47 Å². The molecule has 0 aliphatic heterocycles. The summed E-state index contributed by atoms with van der Waals surface area (Å²) in [4.78, 5) is 0. The van der Waals surface area contributed by atoms with Gasteiger partial charge in [-0.1, -0.05) is 12.8 Å². The minimum absolute atomic E-state index is 0.413. The zero-order valence-corrected chi connectivity index (χ0v) is 9.95. The normalized spacial score (nSPS) is 17.8. The van der Waals surface area contributed by atoms with Gasteiger partial charge in [0.05, 0.1) is 13.2 Å². The van der Waals surface area contributed by atoms with Gasteiger partial charge >= 0.3 is 0 Å². The van der Waals surface area contributed by atoms with Gasteiger partial charge in [0.25, 0.3) is 0 Å². The SMILES string of the molecule is COc1ccc(OC2CCCCCC2)cc1. The highest BCUT2D eigenvalue weighted by molar-refractivity contribution is 5.31. The molecule has 0 unspecified atom stereocenters. The lowest BCUT2D eigenvalue weighted by Crippen LogP contribution is -2.14. The molecule has 0 saturated heterocycles. The highest BCUT2D eigenvalue weighted by Gasteiger charge is 2.13. The van der Waals surface area contributed by atoms with Crippen molar-refractivity contribution in [1.29, 1.82) is 0 Å². The Morgan fingerprint density at radius 1 is 0.875 bits per heavy atom. The second-order valence-corrected chi connectivity index (χ2v) is 4.41. The molecule has 1 aromatic carbocycles. The van der Waals surface area contributed by atoms with E-state index in [9.17, 15) is 0 Å². The number of rotatable bonds is 3. The van der Waals surface area contributed by atoms with Gasteiger partial charge in [-0.05, 0) is 49.9 Å². The van der Waals surface area contributed by atoms with Gasteiger partial charge in [0.15, 0.2) is 0 Å². The summed E-state index contributed by atoms with van der Waals surface area (Å²) in [5, 5.41) is 0. The molecular formula is C14H20O2. The lowest BCUT2D eigenvalue weighted by Gasteiger charge is -2.17. The quantitative estimate of drug-likeness (QED) is 0.721. The Balaban J connectivity index is 1.91. The van der Waals surface area contributed by atoms with Crippen LogP contribution < -0.4 is 9.47 Å². The Labute approximate surface area is 97.6 Å². The van der Waals surface area contributed by atoms with Crippen LogP contribution in [0.1, 0.15) is 38.5 Å². The van der Waals surface area contributed by atoms with Gasteiger partial charge in [-0.25, -0.2) is 0 Å². The molecule has 16 heavy (non-hydrogen) atoms. The molecule has 1 fully saturated rings. The maximum Gasteiger partial charge on any atom is 0.119 e. The third-order valence-corrected chi connectivity index (χ3v) is 3.16. The number of hydrogen-bond donors (Lipinski definition) is 0. The zero-order valence-electron chi connectivity index (χ0n) is 9.95. The smallest absolute Gasteiger partial charge is 0.119 e. The highest BCUT2D eigenvalue weighted by atomic mass is 16.5. The number of methoxy groups -OCH3 is 1. The fourth-order valence-corrected chi connectivity index (χ4v) is 2.21. The third-order valence-electron chi connectivity index (χ3n) is 3.16. The molecule has 2 heteroatoms. The Kier molecular flexibility index (Phi) is 4.09. The van der Waals surface area contributed by atoms with Crippen LogP contribution in [0.5, 0.6) is 11.5 Å². The summed E-state index contributed by atoms with van der Waals surface area (Å²) in [6.07, 6.45) is 8.15. The van der Waals surface area contributed by atoms with Crippen molar-refractivity contribution in [2.45, 2.75) is 44.6 Å². The standard InChI is InChI=1S/C14H20O2/c1-15-12-8-10-14(11-9-12)16-13-6-4-2-3-5-7-13/h8-11,13H,2-7H2,1H3. The minimum atomic E-state index is 0.413. The van der Waals surface area contributed by atoms with Crippen LogP contribution in [0.3, 0.4) is 0 Å². The number of benzene rings is 1. The summed E-state index contributed by atoms with van der Waals surface area (Å²) in [7, 11) is 1.68. The molecule has 0 aromatic heterocycles. The summed E-state index contributed by atoms with van der Waals surface area (Å²) in [5.74, 6) is 1.85. The first-order chi connectivity index (χ1) is 7.88. The molecule has 1 saturated carbocycles. The Morgan fingerprint density at radius 3 is 2.00 bits per heavy atom. The van der Waals surface area contributed by atoms with E-state index in [-0.39, 0.29) is 0 Å². The second kappa shape index (κ2) is 5.78. The molecule has 2 nitrogen and oxygen atoms in total. The van der Waals surface area contributed by atoms with Gasteiger partial charge in [0.2, 0.25) is 0 Å². The summed E-state index contributed by atoms with van der Waals surface area (Å²) >= 11 is 0. The fourth-order valence-electron chi connectivity index (χ4n) is 2.21. The van der Waals surface area contributed by atoms with E-state index in [1.807, 2.05) is 24.3 Å². The molecule has 0 bridgehead atoms. The summed E-state index contributed by atoms with van der Waals surface area (Å²) in [6.45, 7) is 0. The van der Waals surface area contributed by atoms with Crippen LogP contribution in [-0.4, -0.2) is 13.2 Å². The van der Waals surface area contributed by atoms with Crippen molar-refractivity contribution >= 4 is 0 Å². The molecule has 2 rings (SSSR count). The van der Waals surface area contributed by atoms with Gasteiger partial charge in [0.1, 0.15) is 11.5 Å². The minimum Gasteiger partial charge on any atom is -0.497 e. The van der Waals surface area contributed by atoms with Crippen molar-refractivity contribution in [2.75, 3.05) is 7.11 Å². The zero-order chi connectivity index (χ0) is 11.2. The van der Waals surface area contributed by atoms with Crippen LogP contribution in [-0.2, 0) is 0 Å². The number of ether oxygens (including phenoxy) is 2. The van der Waals surface area contributed by atoms with E-state index in [0.29, 0.717) is 6.10 Å². The molecule has 0 spiro atoms. The predicted molar refractivity (Wildman–Crippen MR) is 65.1 cm³/mol. The van der Waals surface area contributed by atoms with Gasteiger partial charge in [-0.2, -0.15) is 0 Å².